The van der Waals surface area contributed by atoms with E-state index in [1.54, 1.807) is 0 Å². The third-order valence-corrected chi connectivity index (χ3v) is 3.16. The predicted octanol–water partition coefficient (Wildman–Crippen LogP) is 3.24. The van der Waals surface area contributed by atoms with Crippen LogP contribution in [0.1, 0.15) is 50.5 Å². The first-order valence-electron chi connectivity index (χ1n) is 6.90. The molecule has 1 aromatic carbocycles. The maximum absolute atomic E-state index is 12.0. The van der Waals surface area contributed by atoms with Crippen LogP contribution in [0, 0.1) is 5.92 Å². The maximum Gasteiger partial charge on any atom is 0.257 e. The van der Waals surface area contributed by atoms with Crippen LogP contribution in [0.25, 0.3) is 0 Å². The molecular weight excluding hydrogens is 268 g/mol. The van der Waals surface area contributed by atoms with Gasteiger partial charge in [0.2, 0.25) is 0 Å². The van der Waals surface area contributed by atoms with Crippen LogP contribution < -0.4 is 10.6 Å². The van der Waals surface area contributed by atoms with Gasteiger partial charge in [-0.25, -0.2) is 0 Å². The summed E-state index contributed by atoms with van der Waals surface area (Å²) in [6.07, 6.45) is 0. The molecule has 1 rings (SSSR count). The summed E-state index contributed by atoms with van der Waals surface area (Å²) in [6.45, 7) is 11.4. The SMILES string of the molecule is CC(C)CNC(=S)NC(=O)c1ccc(C(C)(C)C)cc1. The Morgan fingerprint density at radius 2 is 1.75 bits per heavy atom. The summed E-state index contributed by atoms with van der Waals surface area (Å²) in [5, 5.41) is 6.09. The van der Waals surface area contributed by atoms with Crippen LogP contribution in [-0.4, -0.2) is 17.6 Å². The van der Waals surface area contributed by atoms with Gasteiger partial charge in [0, 0.05) is 12.1 Å². The molecule has 0 fully saturated rings. The summed E-state index contributed by atoms with van der Waals surface area (Å²) in [5.74, 6) is 0.308. The van der Waals surface area contributed by atoms with E-state index >= 15 is 0 Å². The van der Waals surface area contributed by atoms with Crippen molar-refractivity contribution in [2.75, 3.05) is 6.54 Å². The molecule has 0 spiro atoms. The zero-order valence-corrected chi connectivity index (χ0v) is 13.7. The minimum Gasteiger partial charge on any atom is -0.362 e. The molecule has 0 unspecified atom stereocenters. The number of carbonyl (C=O) groups excluding carboxylic acids is 1. The molecule has 0 bridgehead atoms. The fraction of sp³-hybridized carbons (Fsp3) is 0.500. The largest absolute Gasteiger partial charge is 0.362 e. The molecule has 1 amide bonds. The Labute approximate surface area is 127 Å². The van der Waals surface area contributed by atoms with Gasteiger partial charge in [-0.1, -0.05) is 46.8 Å². The number of nitrogens with one attached hydrogen (secondary N) is 2. The zero-order valence-electron chi connectivity index (χ0n) is 12.9. The van der Waals surface area contributed by atoms with Crippen LogP contribution in [0.5, 0.6) is 0 Å². The van der Waals surface area contributed by atoms with Gasteiger partial charge in [0.1, 0.15) is 0 Å². The Bertz CT molecular complexity index is 472. The fourth-order valence-corrected chi connectivity index (χ4v) is 1.81. The van der Waals surface area contributed by atoms with Gasteiger partial charge in [-0.3, -0.25) is 10.1 Å². The van der Waals surface area contributed by atoms with Crippen LogP contribution in [0.3, 0.4) is 0 Å². The topological polar surface area (TPSA) is 41.1 Å². The van der Waals surface area contributed by atoms with Crippen molar-refractivity contribution in [1.82, 2.24) is 10.6 Å². The number of rotatable bonds is 3. The molecule has 0 aliphatic rings. The van der Waals surface area contributed by atoms with E-state index in [0.29, 0.717) is 16.6 Å². The van der Waals surface area contributed by atoms with Crippen molar-refractivity contribution in [3.63, 3.8) is 0 Å². The lowest BCUT2D eigenvalue weighted by molar-refractivity contribution is 0.0976. The number of carbonyl (C=O) groups is 1. The molecule has 4 heteroatoms. The van der Waals surface area contributed by atoms with E-state index in [0.717, 1.165) is 6.54 Å². The number of amides is 1. The molecule has 0 aromatic heterocycles. The molecule has 0 saturated carbocycles. The van der Waals surface area contributed by atoms with Gasteiger partial charge >= 0.3 is 0 Å². The minimum atomic E-state index is -0.174. The molecule has 3 nitrogen and oxygen atoms in total. The van der Waals surface area contributed by atoms with Gasteiger partial charge in [0.25, 0.3) is 5.91 Å². The van der Waals surface area contributed by atoms with E-state index < -0.39 is 0 Å². The summed E-state index contributed by atoms with van der Waals surface area (Å²) < 4.78 is 0. The van der Waals surface area contributed by atoms with E-state index in [-0.39, 0.29) is 11.3 Å². The second-order valence-corrected chi connectivity index (χ2v) is 6.79. The van der Waals surface area contributed by atoms with Crippen molar-refractivity contribution in [3.05, 3.63) is 35.4 Å². The second kappa shape index (κ2) is 6.84. The van der Waals surface area contributed by atoms with Crippen molar-refractivity contribution in [1.29, 1.82) is 0 Å². The van der Waals surface area contributed by atoms with E-state index in [4.69, 9.17) is 12.2 Å². The van der Waals surface area contributed by atoms with Gasteiger partial charge in [0.15, 0.2) is 5.11 Å². The molecule has 110 valence electrons. The Morgan fingerprint density at radius 3 is 2.20 bits per heavy atom. The van der Waals surface area contributed by atoms with Gasteiger partial charge in [0.05, 0.1) is 0 Å². The predicted molar refractivity (Wildman–Crippen MR) is 88.0 cm³/mol. The van der Waals surface area contributed by atoms with Crippen LogP contribution in [0.15, 0.2) is 24.3 Å². The van der Waals surface area contributed by atoms with Crippen molar-refractivity contribution in [2.24, 2.45) is 5.92 Å². The third kappa shape index (κ3) is 5.29. The highest BCUT2D eigenvalue weighted by molar-refractivity contribution is 7.80. The molecule has 0 radical (unpaired) electrons. The van der Waals surface area contributed by atoms with Crippen LogP contribution in [-0.2, 0) is 5.41 Å². The second-order valence-electron chi connectivity index (χ2n) is 6.39. The average molecular weight is 292 g/mol. The molecule has 0 heterocycles. The quantitative estimate of drug-likeness (QED) is 0.840. The number of hydrogen-bond donors (Lipinski definition) is 2. The Kier molecular flexibility index (Phi) is 5.69. The van der Waals surface area contributed by atoms with Crippen molar-refractivity contribution < 1.29 is 4.79 Å². The lowest BCUT2D eigenvalue weighted by Crippen LogP contribution is -2.40. The van der Waals surface area contributed by atoms with Gasteiger partial charge in [-0.15, -0.1) is 0 Å². The summed E-state index contributed by atoms with van der Waals surface area (Å²) in [7, 11) is 0. The maximum atomic E-state index is 12.0. The summed E-state index contributed by atoms with van der Waals surface area (Å²) in [5.41, 5.74) is 1.91. The smallest absolute Gasteiger partial charge is 0.257 e. The van der Waals surface area contributed by atoms with Crippen molar-refractivity contribution in [3.8, 4) is 0 Å². The van der Waals surface area contributed by atoms with E-state index in [1.807, 2.05) is 24.3 Å². The van der Waals surface area contributed by atoms with Gasteiger partial charge in [-0.2, -0.15) is 0 Å². The molecule has 0 saturated heterocycles. The summed E-state index contributed by atoms with van der Waals surface area (Å²) in [4.78, 5) is 12.0. The third-order valence-electron chi connectivity index (χ3n) is 2.91. The normalized spacial score (nSPS) is 11.3. The average Bonchev–Trinajstić information content (AvgIpc) is 2.35. The Hall–Kier alpha value is -1.42. The summed E-state index contributed by atoms with van der Waals surface area (Å²) >= 11 is 5.09. The number of hydrogen-bond acceptors (Lipinski definition) is 2. The van der Waals surface area contributed by atoms with E-state index in [9.17, 15) is 4.79 Å². The van der Waals surface area contributed by atoms with Gasteiger partial charge < -0.3 is 5.32 Å². The minimum absolute atomic E-state index is 0.0864. The fourth-order valence-electron chi connectivity index (χ4n) is 1.64. The van der Waals surface area contributed by atoms with E-state index in [2.05, 4.69) is 45.3 Å². The van der Waals surface area contributed by atoms with Crippen LogP contribution in [0.2, 0.25) is 0 Å². The Morgan fingerprint density at radius 1 is 1.20 bits per heavy atom. The lowest BCUT2D eigenvalue weighted by atomic mass is 9.87. The molecule has 1 aromatic rings. The zero-order chi connectivity index (χ0) is 15.3. The van der Waals surface area contributed by atoms with Crippen molar-refractivity contribution >= 4 is 23.2 Å². The first kappa shape index (κ1) is 16.6. The summed E-state index contributed by atoms with van der Waals surface area (Å²) in [6, 6.07) is 7.64. The molecule has 20 heavy (non-hydrogen) atoms. The van der Waals surface area contributed by atoms with Crippen LogP contribution in [0.4, 0.5) is 0 Å². The van der Waals surface area contributed by atoms with Gasteiger partial charge in [-0.05, 0) is 41.2 Å². The number of benzene rings is 1. The number of thiocarbonyl (C=S) groups is 1. The van der Waals surface area contributed by atoms with Crippen molar-refractivity contribution in [2.45, 2.75) is 40.0 Å². The molecule has 0 aliphatic carbocycles. The molecule has 2 N–H and O–H groups in total. The highest BCUT2D eigenvalue weighted by atomic mass is 32.1. The van der Waals surface area contributed by atoms with Crippen LogP contribution >= 0.6 is 12.2 Å². The lowest BCUT2D eigenvalue weighted by Gasteiger charge is -2.19. The first-order valence-corrected chi connectivity index (χ1v) is 7.30. The van der Waals surface area contributed by atoms with E-state index in [1.165, 1.54) is 5.56 Å². The molecule has 0 aliphatic heterocycles. The Balaban J connectivity index is 2.62. The standard InChI is InChI=1S/C16H24N2OS/c1-11(2)10-17-15(20)18-14(19)12-6-8-13(9-7-12)16(3,4)5/h6-9,11H,10H2,1-5H3,(H2,17,18,19,20). The highest BCUT2D eigenvalue weighted by Crippen LogP contribution is 2.22. The molecule has 0 atom stereocenters. The monoisotopic (exact) mass is 292 g/mol. The highest BCUT2D eigenvalue weighted by Gasteiger charge is 2.14. The molecular formula is C16H24N2OS. The first-order chi connectivity index (χ1) is 9.20.